The first-order chi connectivity index (χ1) is 18.2. The van der Waals surface area contributed by atoms with Crippen molar-refractivity contribution in [2.45, 2.75) is 13.1 Å². The van der Waals surface area contributed by atoms with E-state index in [9.17, 15) is 18.0 Å². The minimum absolute atomic E-state index is 0.0826. The summed E-state index contributed by atoms with van der Waals surface area (Å²) in [6.45, 7) is 6.82. The number of carbonyl (C=O) groups is 1. The predicted octanol–water partition coefficient (Wildman–Crippen LogP) is 4.85. The van der Waals surface area contributed by atoms with Crippen LogP contribution in [-0.4, -0.2) is 42.4 Å². The molecule has 0 aliphatic carbocycles. The number of halogens is 3. The highest BCUT2D eigenvalue weighted by Gasteiger charge is 2.35. The van der Waals surface area contributed by atoms with Crippen molar-refractivity contribution >= 4 is 40.4 Å². The van der Waals surface area contributed by atoms with E-state index in [1.54, 1.807) is 30.3 Å². The first kappa shape index (κ1) is 28.2. The van der Waals surface area contributed by atoms with Gasteiger partial charge in [-0.3, -0.25) is 10.5 Å². The van der Waals surface area contributed by atoms with Crippen molar-refractivity contribution in [1.29, 1.82) is 0 Å². The maximum atomic E-state index is 13.7. The molecule has 3 aromatic rings. The third-order valence-corrected chi connectivity index (χ3v) is 4.91. The van der Waals surface area contributed by atoms with E-state index in [4.69, 9.17) is 15.2 Å². The van der Waals surface area contributed by atoms with E-state index < -0.39 is 23.5 Å². The van der Waals surface area contributed by atoms with Crippen molar-refractivity contribution in [3.63, 3.8) is 0 Å². The number of nitrogens with zero attached hydrogens (tertiary/aromatic N) is 2. The van der Waals surface area contributed by atoms with Crippen molar-refractivity contribution in [1.82, 2.24) is 9.97 Å². The van der Waals surface area contributed by atoms with Gasteiger partial charge < -0.3 is 30.7 Å². The molecule has 0 fully saturated rings. The fourth-order valence-corrected chi connectivity index (χ4v) is 3.24. The number of anilines is 6. The van der Waals surface area contributed by atoms with Gasteiger partial charge in [-0.25, -0.2) is 4.98 Å². The van der Waals surface area contributed by atoms with Gasteiger partial charge in [0.05, 0.1) is 12.3 Å². The number of hydrogen-bond donors (Lipinski definition) is 5. The summed E-state index contributed by atoms with van der Waals surface area (Å²) < 4.78 is 51.8. The van der Waals surface area contributed by atoms with Crippen molar-refractivity contribution in [3.8, 4) is 5.75 Å². The molecule has 10 nitrogen and oxygen atoms in total. The van der Waals surface area contributed by atoms with Crippen LogP contribution in [0.15, 0.2) is 61.3 Å². The van der Waals surface area contributed by atoms with Crippen LogP contribution in [0.5, 0.6) is 5.75 Å². The minimum atomic E-state index is -4.72. The molecule has 0 spiro atoms. The molecular weight excluding hydrogens is 503 g/mol. The molecule has 6 N–H and O–H groups in total. The molecule has 2 aromatic carbocycles. The maximum Gasteiger partial charge on any atom is 0.421 e. The van der Waals surface area contributed by atoms with Gasteiger partial charge in [-0.2, -0.15) is 18.2 Å². The van der Waals surface area contributed by atoms with Crippen LogP contribution in [0.25, 0.3) is 0 Å². The van der Waals surface area contributed by atoms with E-state index in [1.807, 2.05) is 6.92 Å². The summed E-state index contributed by atoms with van der Waals surface area (Å²) in [7, 11) is 0. The molecule has 0 unspecified atom stereocenters. The predicted molar refractivity (Wildman–Crippen MR) is 140 cm³/mol. The molecule has 1 amide bonds. The third kappa shape index (κ3) is 8.08. The fraction of sp³-hybridized carbons (Fsp3) is 0.240. The normalized spacial score (nSPS) is 11.0. The van der Waals surface area contributed by atoms with Crippen LogP contribution in [-0.2, 0) is 15.7 Å². The highest BCUT2D eigenvalue weighted by Crippen LogP contribution is 2.36. The zero-order valence-corrected chi connectivity index (χ0v) is 20.6. The molecule has 0 saturated carbocycles. The lowest BCUT2D eigenvalue weighted by atomic mass is 10.2. The van der Waals surface area contributed by atoms with Gasteiger partial charge in [0.1, 0.15) is 23.9 Å². The number of nitrogens with one attached hydrogen (secondary N) is 4. The second-order valence-corrected chi connectivity index (χ2v) is 7.62. The lowest BCUT2D eigenvalue weighted by Crippen LogP contribution is -2.14. The zero-order valence-electron chi connectivity index (χ0n) is 20.6. The van der Waals surface area contributed by atoms with Gasteiger partial charge >= 0.3 is 6.18 Å². The van der Waals surface area contributed by atoms with E-state index >= 15 is 0 Å². The van der Waals surface area contributed by atoms with E-state index in [0.29, 0.717) is 48.8 Å². The Morgan fingerprint density at radius 2 is 1.89 bits per heavy atom. The number of carbonyl (C=O) groups excluding carboxylic acids is 1. The molecule has 1 heterocycles. The molecule has 0 radical (unpaired) electrons. The average molecular weight is 532 g/mol. The number of amides is 1. The summed E-state index contributed by atoms with van der Waals surface area (Å²) in [5, 5.41) is 11.3. The summed E-state index contributed by atoms with van der Waals surface area (Å²) in [5.74, 6) is -0.597. The summed E-state index contributed by atoms with van der Waals surface area (Å²) in [5.41, 5.74) is 6.24. The van der Waals surface area contributed by atoms with Crippen molar-refractivity contribution in [3.05, 3.63) is 66.9 Å². The van der Waals surface area contributed by atoms with Crippen LogP contribution in [0.1, 0.15) is 12.5 Å². The Hall–Kier alpha value is -4.36. The number of hydrogen-bond acceptors (Lipinski definition) is 9. The topological polar surface area (TPSA) is 135 Å². The Balaban J connectivity index is 1.85. The molecule has 202 valence electrons. The molecule has 0 aliphatic heterocycles. The number of benzene rings is 2. The number of aromatic nitrogens is 2. The fourth-order valence-electron chi connectivity index (χ4n) is 3.24. The van der Waals surface area contributed by atoms with Gasteiger partial charge in [-0.1, -0.05) is 12.6 Å². The molecular formula is C25H28F3N7O3. The summed E-state index contributed by atoms with van der Waals surface area (Å²) in [6, 6.07) is 11.2. The van der Waals surface area contributed by atoms with Gasteiger partial charge in [0.15, 0.2) is 0 Å². The van der Waals surface area contributed by atoms with E-state index in [-0.39, 0.29) is 18.4 Å². The lowest BCUT2D eigenvalue weighted by molar-refractivity contribution is -0.137. The van der Waals surface area contributed by atoms with Crippen LogP contribution >= 0.6 is 0 Å². The Morgan fingerprint density at radius 3 is 2.61 bits per heavy atom. The summed E-state index contributed by atoms with van der Waals surface area (Å²) in [4.78, 5) is 19.4. The molecule has 0 atom stereocenters. The Bertz CT molecular complexity index is 1260. The number of ether oxygens (including phenoxy) is 2. The summed E-state index contributed by atoms with van der Waals surface area (Å²) >= 11 is 0. The SMILES string of the molecule is C=CC(=O)Nc1cccc(Nc2nc(Nc3ccc(NCCOCC)c(OCN)c3)ncc2C(F)(F)F)c1. The molecule has 1 aromatic heterocycles. The molecule has 3 rings (SSSR count). The van der Waals surface area contributed by atoms with Gasteiger partial charge in [-0.05, 0) is 43.3 Å². The largest absolute Gasteiger partial charge is 0.476 e. The first-order valence-corrected chi connectivity index (χ1v) is 11.5. The first-order valence-electron chi connectivity index (χ1n) is 11.5. The van der Waals surface area contributed by atoms with Crippen LogP contribution in [0, 0.1) is 0 Å². The monoisotopic (exact) mass is 531 g/mol. The standard InChI is InChI=1S/C25H28F3N7O3/c1-3-22(36)32-16-6-5-7-17(12-16)33-23-19(25(26,27)28)14-31-24(35-23)34-18-8-9-20(21(13-18)38-15-29)30-10-11-37-4-2/h3,5-9,12-14,30H,1,4,10-11,15,29H2,2H3,(H,32,36)(H2,31,33,34,35). The molecule has 0 bridgehead atoms. The van der Waals surface area contributed by atoms with Gasteiger partial charge in [0, 0.05) is 42.5 Å². The Labute approximate surface area is 217 Å². The van der Waals surface area contributed by atoms with Crippen LogP contribution < -0.4 is 31.7 Å². The highest BCUT2D eigenvalue weighted by molar-refractivity contribution is 5.99. The van der Waals surface area contributed by atoms with Gasteiger partial charge in [0.2, 0.25) is 11.9 Å². The number of rotatable bonds is 13. The van der Waals surface area contributed by atoms with E-state index in [0.717, 1.165) is 6.08 Å². The number of nitrogens with two attached hydrogens (primary N) is 1. The molecule has 0 saturated heterocycles. The number of alkyl halides is 3. The summed E-state index contributed by atoms with van der Waals surface area (Å²) in [6.07, 6.45) is -2.95. The van der Waals surface area contributed by atoms with Gasteiger partial charge in [0.25, 0.3) is 0 Å². The van der Waals surface area contributed by atoms with E-state index in [1.165, 1.54) is 12.1 Å². The Kier molecular flexibility index (Phi) is 9.85. The Morgan fingerprint density at radius 1 is 1.13 bits per heavy atom. The second kappa shape index (κ2) is 13.3. The van der Waals surface area contributed by atoms with Crippen LogP contribution in [0.3, 0.4) is 0 Å². The molecule has 13 heteroatoms. The van der Waals surface area contributed by atoms with Crippen LogP contribution in [0.2, 0.25) is 0 Å². The zero-order chi connectivity index (χ0) is 27.5. The minimum Gasteiger partial charge on any atom is -0.476 e. The smallest absolute Gasteiger partial charge is 0.421 e. The van der Waals surface area contributed by atoms with Crippen LogP contribution in [0.4, 0.5) is 47.7 Å². The molecule has 0 aliphatic rings. The van der Waals surface area contributed by atoms with Crippen molar-refractivity contribution in [2.24, 2.45) is 5.73 Å². The molecule has 38 heavy (non-hydrogen) atoms. The van der Waals surface area contributed by atoms with E-state index in [2.05, 4.69) is 37.8 Å². The second-order valence-electron chi connectivity index (χ2n) is 7.62. The quantitative estimate of drug-likeness (QED) is 0.119. The lowest BCUT2D eigenvalue weighted by Gasteiger charge is -2.16. The third-order valence-electron chi connectivity index (χ3n) is 4.91. The van der Waals surface area contributed by atoms with Crippen molar-refractivity contribution in [2.75, 3.05) is 47.8 Å². The van der Waals surface area contributed by atoms with Crippen molar-refractivity contribution < 1.29 is 27.4 Å². The highest BCUT2D eigenvalue weighted by atomic mass is 19.4. The maximum absolute atomic E-state index is 13.7. The van der Waals surface area contributed by atoms with Gasteiger partial charge in [-0.15, -0.1) is 0 Å². The average Bonchev–Trinajstić information content (AvgIpc) is 2.87.